The Labute approximate surface area is 116 Å². The van der Waals surface area contributed by atoms with Crippen molar-refractivity contribution in [3.05, 3.63) is 28.2 Å². The fourth-order valence-corrected chi connectivity index (χ4v) is 2.57. The largest absolute Gasteiger partial charge is 0.396 e. The molecule has 0 radical (unpaired) electrons. The summed E-state index contributed by atoms with van der Waals surface area (Å²) in [5, 5.41) is 9.32. The molecule has 2 N–H and O–H groups in total. The molecule has 102 valence electrons. The summed E-state index contributed by atoms with van der Waals surface area (Å²) in [7, 11) is -2.28. The summed E-state index contributed by atoms with van der Waals surface area (Å²) < 4.78 is 27.2. The van der Waals surface area contributed by atoms with Crippen molar-refractivity contribution in [3.8, 4) is 0 Å². The molecular weight excluding hydrogens is 299 g/mol. The second kappa shape index (κ2) is 6.58. The highest BCUT2D eigenvalue weighted by atomic mass is 35.5. The van der Waals surface area contributed by atoms with Crippen molar-refractivity contribution in [2.45, 2.75) is 6.42 Å². The Morgan fingerprint density at radius 2 is 2.06 bits per heavy atom. The van der Waals surface area contributed by atoms with Crippen LogP contribution in [0.25, 0.3) is 0 Å². The van der Waals surface area contributed by atoms with Gasteiger partial charge in [-0.25, -0.2) is 0 Å². The second-order valence-electron chi connectivity index (χ2n) is 3.63. The van der Waals surface area contributed by atoms with Crippen LogP contribution in [-0.2, 0) is 10.2 Å². The Morgan fingerprint density at radius 3 is 2.67 bits per heavy atom. The average Bonchev–Trinajstić information content (AvgIpc) is 2.30. The van der Waals surface area contributed by atoms with Gasteiger partial charge in [-0.3, -0.25) is 4.72 Å². The van der Waals surface area contributed by atoms with Gasteiger partial charge in [0.05, 0.1) is 10.7 Å². The zero-order chi connectivity index (χ0) is 13.8. The minimum absolute atomic E-state index is 0.0716. The first-order valence-corrected chi connectivity index (χ1v) is 7.36. The second-order valence-corrected chi connectivity index (χ2v) is 6.25. The summed E-state index contributed by atoms with van der Waals surface area (Å²) in [6, 6.07) is 4.51. The molecule has 0 spiro atoms. The van der Waals surface area contributed by atoms with Crippen LogP contribution in [0, 0.1) is 0 Å². The molecule has 0 bridgehead atoms. The SMILES string of the molecule is CN(CCCO)S(=O)(=O)Nc1cc(Cl)ccc1Cl. The molecule has 0 amide bonds. The van der Waals surface area contributed by atoms with Crippen LogP contribution in [0.15, 0.2) is 18.2 Å². The molecule has 0 unspecified atom stereocenters. The first-order chi connectivity index (χ1) is 8.36. The average molecular weight is 313 g/mol. The van der Waals surface area contributed by atoms with E-state index in [1.54, 1.807) is 6.07 Å². The standard InChI is InChI=1S/C10H14Cl2N2O3S/c1-14(5-2-6-15)18(16,17)13-10-7-8(11)3-4-9(10)12/h3-4,7,13,15H,2,5-6H2,1H3. The maximum atomic E-state index is 11.9. The quantitative estimate of drug-likeness (QED) is 0.843. The van der Waals surface area contributed by atoms with Crippen molar-refractivity contribution < 1.29 is 13.5 Å². The Hall–Kier alpha value is -0.530. The molecule has 0 aromatic heterocycles. The van der Waals surface area contributed by atoms with Gasteiger partial charge in [0.25, 0.3) is 0 Å². The van der Waals surface area contributed by atoms with Crippen molar-refractivity contribution in [2.24, 2.45) is 0 Å². The van der Waals surface area contributed by atoms with Crippen molar-refractivity contribution in [1.82, 2.24) is 4.31 Å². The van der Waals surface area contributed by atoms with Crippen molar-refractivity contribution >= 4 is 39.1 Å². The van der Waals surface area contributed by atoms with Gasteiger partial charge in [-0.05, 0) is 24.6 Å². The van der Waals surface area contributed by atoms with Gasteiger partial charge in [0.2, 0.25) is 0 Å². The summed E-state index contributed by atoms with van der Waals surface area (Å²) in [6.07, 6.45) is 0.362. The van der Waals surface area contributed by atoms with Gasteiger partial charge in [0.15, 0.2) is 0 Å². The number of nitrogens with one attached hydrogen (secondary N) is 1. The van der Waals surface area contributed by atoms with E-state index >= 15 is 0 Å². The number of benzene rings is 1. The fourth-order valence-electron chi connectivity index (χ4n) is 1.21. The molecule has 1 aromatic carbocycles. The minimum atomic E-state index is -3.70. The predicted molar refractivity (Wildman–Crippen MR) is 73.3 cm³/mol. The van der Waals surface area contributed by atoms with Crippen LogP contribution in [0.3, 0.4) is 0 Å². The van der Waals surface area contributed by atoms with E-state index < -0.39 is 10.2 Å². The molecule has 8 heteroatoms. The molecule has 0 aliphatic carbocycles. The van der Waals surface area contributed by atoms with Crippen molar-refractivity contribution in [2.75, 3.05) is 24.9 Å². The highest BCUT2D eigenvalue weighted by Gasteiger charge is 2.18. The van der Waals surface area contributed by atoms with E-state index in [4.69, 9.17) is 28.3 Å². The highest BCUT2D eigenvalue weighted by molar-refractivity contribution is 7.90. The van der Waals surface area contributed by atoms with Crippen LogP contribution in [0.1, 0.15) is 6.42 Å². The van der Waals surface area contributed by atoms with E-state index in [9.17, 15) is 8.42 Å². The topological polar surface area (TPSA) is 69.6 Å². The molecule has 18 heavy (non-hydrogen) atoms. The highest BCUT2D eigenvalue weighted by Crippen LogP contribution is 2.26. The summed E-state index contributed by atoms with van der Waals surface area (Å²) in [5.74, 6) is 0. The molecule has 5 nitrogen and oxygen atoms in total. The maximum Gasteiger partial charge on any atom is 0.301 e. The Balaban J connectivity index is 2.85. The van der Waals surface area contributed by atoms with Crippen molar-refractivity contribution in [3.63, 3.8) is 0 Å². The van der Waals surface area contributed by atoms with Gasteiger partial charge in [-0.1, -0.05) is 23.2 Å². The van der Waals surface area contributed by atoms with Crippen molar-refractivity contribution in [1.29, 1.82) is 0 Å². The number of aliphatic hydroxyl groups excluding tert-OH is 1. The van der Waals surface area contributed by atoms with Crippen LogP contribution in [0.5, 0.6) is 0 Å². The van der Waals surface area contributed by atoms with Gasteiger partial charge >= 0.3 is 10.2 Å². The van der Waals surface area contributed by atoms with Crippen LogP contribution >= 0.6 is 23.2 Å². The lowest BCUT2D eigenvalue weighted by Gasteiger charge is -2.18. The third kappa shape index (κ3) is 4.29. The first kappa shape index (κ1) is 15.5. The smallest absolute Gasteiger partial charge is 0.301 e. The number of anilines is 1. The zero-order valence-electron chi connectivity index (χ0n) is 9.73. The van der Waals surface area contributed by atoms with Crippen LogP contribution < -0.4 is 4.72 Å². The van der Waals surface area contributed by atoms with E-state index in [-0.39, 0.29) is 23.9 Å². The molecule has 0 aliphatic rings. The fraction of sp³-hybridized carbons (Fsp3) is 0.400. The van der Waals surface area contributed by atoms with Crippen LogP contribution in [-0.4, -0.2) is 38.0 Å². The maximum absolute atomic E-state index is 11.9. The summed E-state index contributed by atoms with van der Waals surface area (Å²) in [5.41, 5.74) is 0.222. The molecule has 0 saturated heterocycles. The molecule has 0 atom stereocenters. The molecule has 0 saturated carbocycles. The van der Waals surface area contributed by atoms with Gasteiger partial charge < -0.3 is 5.11 Å². The monoisotopic (exact) mass is 312 g/mol. The molecule has 1 aromatic rings. The van der Waals surface area contributed by atoms with E-state index in [0.717, 1.165) is 4.31 Å². The lowest BCUT2D eigenvalue weighted by Crippen LogP contribution is -2.33. The molecule has 1 rings (SSSR count). The Kier molecular flexibility index (Phi) is 5.68. The molecule has 0 aliphatic heterocycles. The van der Waals surface area contributed by atoms with Gasteiger partial charge in [0.1, 0.15) is 0 Å². The number of rotatable bonds is 6. The number of aliphatic hydroxyl groups is 1. The summed E-state index contributed by atoms with van der Waals surface area (Å²) in [4.78, 5) is 0. The summed E-state index contributed by atoms with van der Waals surface area (Å²) >= 11 is 11.6. The molecular formula is C10H14Cl2N2O3S. The normalized spacial score (nSPS) is 11.8. The summed E-state index contributed by atoms with van der Waals surface area (Å²) in [6.45, 7) is 0.141. The van der Waals surface area contributed by atoms with E-state index in [0.29, 0.717) is 11.4 Å². The minimum Gasteiger partial charge on any atom is -0.396 e. The Bertz CT molecular complexity index is 508. The predicted octanol–water partition coefficient (Wildman–Crippen LogP) is 1.96. The number of nitrogens with zero attached hydrogens (tertiary/aromatic N) is 1. The number of hydrogen-bond acceptors (Lipinski definition) is 3. The van der Waals surface area contributed by atoms with Gasteiger partial charge in [0, 0.05) is 25.2 Å². The van der Waals surface area contributed by atoms with E-state index in [1.807, 2.05) is 0 Å². The lowest BCUT2D eigenvalue weighted by molar-refractivity contribution is 0.276. The molecule has 0 heterocycles. The third-order valence-electron chi connectivity index (χ3n) is 2.21. The number of halogens is 2. The number of hydrogen-bond donors (Lipinski definition) is 2. The lowest BCUT2D eigenvalue weighted by atomic mass is 10.3. The van der Waals surface area contributed by atoms with Gasteiger partial charge in [-0.2, -0.15) is 12.7 Å². The zero-order valence-corrected chi connectivity index (χ0v) is 12.1. The van der Waals surface area contributed by atoms with Crippen LogP contribution in [0.4, 0.5) is 5.69 Å². The van der Waals surface area contributed by atoms with Gasteiger partial charge in [-0.15, -0.1) is 0 Å². The molecule has 0 fully saturated rings. The van der Waals surface area contributed by atoms with Crippen LogP contribution in [0.2, 0.25) is 10.0 Å². The third-order valence-corrected chi connectivity index (χ3v) is 4.25. The van der Waals surface area contributed by atoms with E-state index in [1.165, 1.54) is 19.2 Å². The Morgan fingerprint density at radius 1 is 1.39 bits per heavy atom. The first-order valence-electron chi connectivity index (χ1n) is 5.17. The van der Waals surface area contributed by atoms with E-state index in [2.05, 4.69) is 4.72 Å².